The highest BCUT2D eigenvalue weighted by Crippen LogP contribution is 2.36. The lowest BCUT2D eigenvalue weighted by molar-refractivity contribution is 0.171. The summed E-state index contributed by atoms with van der Waals surface area (Å²) < 4.78 is 11.3. The molecule has 2 aliphatic rings. The second kappa shape index (κ2) is 9.13. The van der Waals surface area contributed by atoms with E-state index in [1.54, 1.807) is 0 Å². The molecule has 0 bridgehead atoms. The maximum atomic E-state index is 6.44. The van der Waals surface area contributed by atoms with Gasteiger partial charge in [0.2, 0.25) is 0 Å². The van der Waals surface area contributed by atoms with E-state index in [1.807, 2.05) is 30.3 Å². The van der Waals surface area contributed by atoms with Gasteiger partial charge in [0.05, 0.1) is 0 Å². The van der Waals surface area contributed by atoms with E-state index in [4.69, 9.17) is 44.3 Å². The van der Waals surface area contributed by atoms with E-state index in [0.29, 0.717) is 19.1 Å². The van der Waals surface area contributed by atoms with Gasteiger partial charge in [-0.05, 0) is 80.1 Å². The van der Waals surface area contributed by atoms with Crippen LogP contribution in [0, 0.1) is 5.92 Å². The second-order valence-corrected chi connectivity index (χ2v) is 8.81. The molecule has 0 aliphatic carbocycles. The van der Waals surface area contributed by atoms with Crippen LogP contribution in [0.15, 0.2) is 30.3 Å². The minimum absolute atomic E-state index is 0.581. The maximum absolute atomic E-state index is 6.44. The van der Waals surface area contributed by atoms with Gasteiger partial charge < -0.3 is 14.4 Å². The molecule has 0 amide bonds. The van der Waals surface area contributed by atoms with Crippen molar-refractivity contribution in [3.8, 4) is 11.5 Å². The van der Waals surface area contributed by atoms with Crippen molar-refractivity contribution in [2.45, 2.75) is 25.7 Å². The predicted octanol–water partition coefficient (Wildman–Crippen LogP) is 5.92. The van der Waals surface area contributed by atoms with Crippen molar-refractivity contribution in [2.24, 2.45) is 5.92 Å². The zero-order chi connectivity index (χ0) is 19.5. The van der Waals surface area contributed by atoms with Crippen molar-refractivity contribution in [2.75, 3.05) is 32.8 Å². The Labute approximate surface area is 181 Å². The molecule has 150 valence electrons. The highest BCUT2D eigenvalue weighted by Gasteiger charge is 2.21. The molecular formula is C22H24Cl3NO2. The van der Waals surface area contributed by atoms with Gasteiger partial charge in [0.25, 0.3) is 0 Å². The summed E-state index contributed by atoms with van der Waals surface area (Å²) in [6.45, 7) is 4.39. The van der Waals surface area contributed by atoms with Crippen molar-refractivity contribution < 1.29 is 9.47 Å². The minimum Gasteiger partial charge on any atom is -0.486 e. The predicted molar refractivity (Wildman–Crippen MR) is 115 cm³/mol. The molecule has 0 atom stereocenters. The van der Waals surface area contributed by atoms with Crippen molar-refractivity contribution in [3.05, 3.63) is 56.5 Å². The zero-order valence-corrected chi connectivity index (χ0v) is 18.0. The van der Waals surface area contributed by atoms with E-state index in [1.165, 1.54) is 12.8 Å². The third-order valence-electron chi connectivity index (χ3n) is 5.63. The third-order valence-corrected chi connectivity index (χ3v) is 6.59. The van der Waals surface area contributed by atoms with Crippen LogP contribution in [0.25, 0.3) is 0 Å². The van der Waals surface area contributed by atoms with Gasteiger partial charge >= 0.3 is 0 Å². The molecule has 2 aliphatic heterocycles. The summed E-state index contributed by atoms with van der Waals surface area (Å²) in [6, 6.07) is 9.65. The molecule has 1 fully saturated rings. The Morgan fingerprint density at radius 1 is 0.857 bits per heavy atom. The Morgan fingerprint density at radius 2 is 1.57 bits per heavy atom. The van der Waals surface area contributed by atoms with E-state index in [-0.39, 0.29) is 0 Å². The molecule has 4 rings (SSSR count). The SMILES string of the molecule is Clc1ccc(Cl)c(CC2CCN(CCc3cc4c(cc3Cl)OCCO4)CC2)c1. The van der Waals surface area contributed by atoms with E-state index >= 15 is 0 Å². The lowest BCUT2D eigenvalue weighted by Gasteiger charge is -2.32. The molecule has 0 saturated carbocycles. The van der Waals surface area contributed by atoms with Gasteiger partial charge in [0.1, 0.15) is 13.2 Å². The fourth-order valence-corrected chi connectivity index (χ4v) is 4.64. The molecule has 2 aromatic carbocycles. The smallest absolute Gasteiger partial charge is 0.162 e. The van der Waals surface area contributed by atoms with Crippen LogP contribution in [0.5, 0.6) is 11.5 Å². The van der Waals surface area contributed by atoms with E-state index in [0.717, 1.165) is 70.2 Å². The molecule has 0 radical (unpaired) electrons. The lowest BCUT2D eigenvalue weighted by Crippen LogP contribution is -2.35. The van der Waals surface area contributed by atoms with Crippen molar-refractivity contribution in [1.29, 1.82) is 0 Å². The molecule has 0 unspecified atom stereocenters. The summed E-state index contributed by atoms with van der Waals surface area (Å²) in [6.07, 6.45) is 4.27. The van der Waals surface area contributed by atoms with Crippen LogP contribution in [0.2, 0.25) is 15.1 Å². The topological polar surface area (TPSA) is 21.7 Å². The molecule has 6 heteroatoms. The molecule has 2 aromatic rings. The largest absolute Gasteiger partial charge is 0.486 e. The Morgan fingerprint density at radius 3 is 2.32 bits per heavy atom. The average molecular weight is 441 g/mol. The Balaban J connectivity index is 1.28. The number of fused-ring (bicyclic) bond motifs is 1. The van der Waals surface area contributed by atoms with Crippen LogP contribution < -0.4 is 9.47 Å². The van der Waals surface area contributed by atoms with E-state index in [2.05, 4.69) is 4.90 Å². The number of hydrogen-bond acceptors (Lipinski definition) is 3. The first-order valence-electron chi connectivity index (χ1n) is 9.83. The number of rotatable bonds is 5. The number of hydrogen-bond donors (Lipinski definition) is 0. The average Bonchev–Trinajstić information content (AvgIpc) is 2.70. The molecule has 0 spiro atoms. The van der Waals surface area contributed by atoms with Gasteiger partial charge in [-0.15, -0.1) is 0 Å². The normalized spacial score (nSPS) is 17.7. The number of benzene rings is 2. The van der Waals surface area contributed by atoms with Crippen LogP contribution in [0.3, 0.4) is 0 Å². The molecule has 2 heterocycles. The summed E-state index contributed by atoms with van der Waals surface area (Å²) in [5, 5.41) is 2.34. The molecule has 3 nitrogen and oxygen atoms in total. The number of halogens is 3. The number of likely N-dealkylation sites (tertiary alicyclic amines) is 1. The van der Waals surface area contributed by atoms with Crippen LogP contribution in [0.4, 0.5) is 0 Å². The second-order valence-electron chi connectivity index (χ2n) is 7.56. The monoisotopic (exact) mass is 439 g/mol. The van der Waals surface area contributed by atoms with Gasteiger partial charge in [0, 0.05) is 27.7 Å². The van der Waals surface area contributed by atoms with Gasteiger partial charge in [-0.1, -0.05) is 34.8 Å². The molecular weight excluding hydrogens is 417 g/mol. The van der Waals surface area contributed by atoms with Gasteiger partial charge in [-0.25, -0.2) is 0 Å². The van der Waals surface area contributed by atoms with E-state index in [9.17, 15) is 0 Å². The maximum Gasteiger partial charge on any atom is 0.162 e. The Hall–Kier alpha value is -1.13. The summed E-state index contributed by atoms with van der Waals surface area (Å²) in [7, 11) is 0. The zero-order valence-electron chi connectivity index (χ0n) is 15.7. The first-order chi connectivity index (χ1) is 13.6. The first kappa shape index (κ1) is 20.2. The Bertz CT molecular complexity index is 835. The van der Waals surface area contributed by atoms with E-state index < -0.39 is 0 Å². The molecule has 0 aromatic heterocycles. The van der Waals surface area contributed by atoms with Crippen molar-refractivity contribution in [1.82, 2.24) is 4.90 Å². The number of piperidine rings is 1. The van der Waals surface area contributed by atoms with Crippen LogP contribution >= 0.6 is 34.8 Å². The standard InChI is InChI=1S/C22H24Cl3NO2/c23-18-1-2-19(24)17(12-18)11-15-3-6-26(7-4-15)8-5-16-13-21-22(14-20(16)25)28-10-9-27-21/h1-2,12-15H,3-11H2. The lowest BCUT2D eigenvalue weighted by atomic mass is 9.90. The van der Waals surface area contributed by atoms with Crippen LogP contribution in [-0.2, 0) is 12.8 Å². The van der Waals surface area contributed by atoms with Crippen LogP contribution in [-0.4, -0.2) is 37.7 Å². The van der Waals surface area contributed by atoms with Crippen LogP contribution in [0.1, 0.15) is 24.0 Å². The van der Waals surface area contributed by atoms with Crippen molar-refractivity contribution >= 4 is 34.8 Å². The fraction of sp³-hybridized carbons (Fsp3) is 0.455. The van der Waals surface area contributed by atoms with Crippen molar-refractivity contribution in [3.63, 3.8) is 0 Å². The molecule has 0 N–H and O–H groups in total. The minimum atomic E-state index is 0.581. The summed E-state index contributed by atoms with van der Waals surface area (Å²) in [4.78, 5) is 2.52. The molecule has 28 heavy (non-hydrogen) atoms. The van der Waals surface area contributed by atoms with Gasteiger partial charge in [-0.2, -0.15) is 0 Å². The number of nitrogens with zero attached hydrogens (tertiary/aromatic N) is 1. The first-order valence-corrected chi connectivity index (χ1v) is 11.0. The fourth-order valence-electron chi connectivity index (χ4n) is 4.00. The third kappa shape index (κ3) is 4.88. The van der Waals surface area contributed by atoms with Gasteiger partial charge in [-0.3, -0.25) is 0 Å². The van der Waals surface area contributed by atoms with Gasteiger partial charge in [0.15, 0.2) is 11.5 Å². The Kier molecular flexibility index (Phi) is 6.57. The summed E-state index contributed by atoms with van der Waals surface area (Å²) in [5.74, 6) is 2.22. The number of ether oxygens (including phenoxy) is 2. The highest BCUT2D eigenvalue weighted by atomic mass is 35.5. The quantitative estimate of drug-likeness (QED) is 0.576. The highest BCUT2D eigenvalue weighted by molar-refractivity contribution is 6.33. The summed E-state index contributed by atoms with van der Waals surface area (Å²) in [5.41, 5.74) is 2.29. The summed E-state index contributed by atoms with van der Waals surface area (Å²) >= 11 is 18.9. The molecule has 1 saturated heterocycles.